The van der Waals surface area contributed by atoms with Crippen molar-refractivity contribution in [3.63, 3.8) is 0 Å². The van der Waals surface area contributed by atoms with Gasteiger partial charge in [0.05, 0.1) is 17.2 Å². The number of carbonyl (C=O) groups excluding carboxylic acids is 1. The Morgan fingerprint density at radius 3 is 2.89 bits per heavy atom. The summed E-state index contributed by atoms with van der Waals surface area (Å²) in [5, 5.41) is 4.70. The minimum Gasteiger partial charge on any atom is -0.361 e. The molecule has 0 aliphatic heterocycles. The standard InChI is InChI=1S/C22H22N4O2/c27-21(25-17-10-9-16-11-12-23-20(16)14-17)8-2-1-5-13-26-15-24-19-7-4-3-6-18(19)22(26)28/h3-4,6-7,9-12,14-15,23H,1-2,5,8,13H2,(H,25,27). The third-order valence-electron chi connectivity index (χ3n) is 4.87. The van der Waals surface area contributed by atoms with Crippen LogP contribution in [0, 0.1) is 0 Å². The molecule has 0 saturated carbocycles. The van der Waals surface area contributed by atoms with Crippen LogP contribution in [0.1, 0.15) is 25.7 Å². The third kappa shape index (κ3) is 3.96. The summed E-state index contributed by atoms with van der Waals surface area (Å²) < 4.78 is 1.65. The van der Waals surface area contributed by atoms with Gasteiger partial charge in [0.25, 0.3) is 5.56 Å². The van der Waals surface area contributed by atoms with Crippen LogP contribution in [0.4, 0.5) is 5.69 Å². The third-order valence-corrected chi connectivity index (χ3v) is 4.87. The molecule has 2 aromatic carbocycles. The Hall–Kier alpha value is -3.41. The molecule has 6 nitrogen and oxygen atoms in total. The van der Waals surface area contributed by atoms with Crippen LogP contribution in [0.2, 0.25) is 0 Å². The van der Waals surface area contributed by atoms with Crippen LogP contribution in [0.25, 0.3) is 21.8 Å². The zero-order chi connectivity index (χ0) is 19.3. The molecule has 2 aromatic heterocycles. The Bertz CT molecular complexity index is 1180. The Morgan fingerprint density at radius 2 is 1.96 bits per heavy atom. The molecule has 28 heavy (non-hydrogen) atoms. The van der Waals surface area contributed by atoms with E-state index in [1.165, 1.54) is 0 Å². The first-order valence-corrected chi connectivity index (χ1v) is 9.52. The SMILES string of the molecule is O=C(CCCCCn1cnc2ccccc2c1=O)Nc1ccc2cc[nH]c2c1. The van der Waals surface area contributed by atoms with E-state index in [1.807, 2.05) is 48.7 Å². The molecule has 1 amide bonds. The Labute approximate surface area is 162 Å². The summed E-state index contributed by atoms with van der Waals surface area (Å²) in [5.74, 6) is 0.00967. The summed E-state index contributed by atoms with van der Waals surface area (Å²) in [5.41, 5.74) is 2.52. The number of hydrogen-bond donors (Lipinski definition) is 2. The Morgan fingerprint density at radius 1 is 1.07 bits per heavy atom. The van der Waals surface area contributed by atoms with E-state index >= 15 is 0 Å². The summed E-state index contributed by atoms with van der Waals surface area (Å²) >= 11 is 0. The first-order valence-electron chi connectivity index (χ1n) is 9.52. The van der Waals surface area contributed by atoms with Crippen molar-refractivity contribution in [2.75, 3.05) is 5.32 Å². The number of unbranched alkanes of at least 4 members (excludes halogenated alkanes) is 2. The average Bonchev–Trinajstić information content (AvgIpc) is 3.17. The maximum absolute atomic E-state index is 12.4. The van der Waals surface area contributed by atoms with E-state index < -0.39 is 0 Å². The molecule has 0 atom stereocenters. The maximum atomic E-state index is 12.4. The molecule has 6 heteroatoms. The van der Waals surface area contributed by atoms with E-state index in [4.69, 9.17) is 0 Å². The molecule has 0 saturated heterocycles. The lowest BCUT2D eigenvalue weighted by Gasteiger charge is -2.07. The van der Waals surface area contributed by atoms with Crippen LogP contribution in [-0.4, -0.2) is 20.4 Å². The van der Waals surface area contributed by atoms with Crippen LogP contribution < -0.4 is 10.9 Å². The van der Waals surface area contributed by atoms with E-state index in [9.17, 15) is 9.59 Å². The number of para-hydroxylation sites is 1. The molecule has 142 valence electrons. The fourth-order valence-electron chi connectivity index (χ4n) is 3.36. The van der Waals surface area contributed by atoms with E-state index in [2.05, 4.69) is 15.3 Å². The summed E-state index contributed by atoms with van der Waals surface area (Å²) in [6.07, 6.45) is 6.45. The van der Waals surface area contributed by atoms with Crippen molar-refractivity contribution >= 4 is 33.4 Å². The number of aryl methyl sites for hydroxylation is 1. The largest absolute Gasteiger partial charge is 0.361 e. The number of anilines is 1. The van der Waals surface area contributed by atoms with Crippen molar-refractivity contribution in [3.05, 3.63) is 71.4 Å². The summed E-state index contributed by atoms with van der Waals surface area (Å²) in [6, 6.07) is 15.2. The number of fused-ring (bicyclic) bond motifs is 2. The van der Waals surface area contributed by atoms with Gasteiger partial charge < -0.3 is 10.3 Å². The lowest BCUT2D eigenvalue weighted by atomic mass is 10.1. The van der Waals surface area contributed by atoms with Gasteiger partial charge >= 0.3 is 0 Å². The van der Waals surface area contributed by atoms with Crippen LogP contribution in [-0.2, 0) is 11.3 Å². The predicted octanol–water partition coefficient (Wildman–Crippen LogP) is 4.08. The molecule has 0 bridgehead atoms. The van der Waals surface area contributed by atoms with E-state index in [-0.39, 0.29) is 11.5 Å². The minimum atomic E-state index is -0.0111. The number of aromatic nitrogens is 3. The highest BCUT2D eigenvalue weighted by Gasteiger charge is 2.05. The first-order chi connectivity index (χ1) is 13.7. The molecule has 0 fully saturated rings. The number of nitrogens with zero attached hydrogens (tertiary/aromatic N) is 2. The number of H-pyrrole nitrogens is 1. The van der Waals surface area contributed by atoms with E-state index in [1.54, 1.807) is 17.0 Å². The normalized spacial score (nSPS) is 11.1. The predicted molar refractivity (Wildman–Crippen MR) is 111 cm³/mol. The number of rotatable bonds is 7. The quantitative estimate of drug-likeness (QED) is 0.479. The summed E-state index contributed by atoms with van der Waals surface area (Å²) in [7, 11) is 0. The molecule has 0 radical (unpaired) electrons. The van der Waals surface area contributed by atoms with Crippen molar-refractivity contribution in [1.82, 2.24) is 14.5 Å². The minimum absolute atomic E-state index is 0.00967. The van der Waals surface area contributed by atoms with Crippen molar-refractivity contribution in [1.29, 1.82) is 0 Å². The number of aromatic amines is 1. The fourth-order valence-corrected chi connectivity index (χ4v) is 3.36. The molecule has 2 heterocycles. The van der Waals surface area contributed by atoms with Gasteiger partial charge in [0, 0.05) is 30.4 Å². The van der Waals surface area contributed by atoms with Gasteiger partial charge in [-0.1, -0.05) is 24.6 Å². The van der Waals surface area contributed by atoms with Crippen molar-refractivity contribution in [2.45, 2.75) is 32.2 Å². The monoisotopic (exact) mass is 374 g/mol. The smallest absolute Gasteiger partial charge is 0.261 e. The fraction of sp³-hybridized carbons (Fsp3) is 0.227. The van der Waals surface area contributed by atoms with Gasteiger partial charge in [-0.25, -0.2) is 4.98 Å². The van der Waals surface area contributed by atoms with Crippen LogP contribution >= 0.6 is 0 Å². The second-order valence-electron chi connectivity index (χ2n) is 6.90. The number of benzene rings is 2. The van der Waals surface area contributed by atoms with Gasteiger partial charge in [-0.2, -0.15) is 0 Å². The molecular formula is C22H22N4O2. The highest BCUT2D eigenvalue weighted by Crippen LogP contribution is 2.18. The van der Waals surface area contributed by atoms with Crippen LogP contribution in [0.5, 0.6) is 0 Å². The van der Waals surface area contributed by atoms with Crippen molar-refractivity contribution in [3.8, 4) is 0 Å². The van der Waals surface area contributed by atoms with Gasteiger partial charge in [0.15, 0.2) is 0 Å². The molecule has 4 aromatic rings. The number of carbonyl (C=O) groups is 1. The summed E-state index contributed by atoms with van der Waals surface area (Å²) in [6.45, 7) is 0.613. The summed E-state index contributed by atoms with van der Waals surface area (Å²) in [4.78, 5) is 32.0. The molecule has 4 rings (SSSR count). The Kier molecular flexibility index (Phi) is 5.19. The zero-order valence-electron chi connectivity index (χ0n) is 15.5. The van der Waals surface area contributed by atoms with Crippen LogP contribution in [0.3, 0.4) is 0 Å². The highest BCUT2D eigenvalue weighted by atomic mass is 16.1. The molecule has 0 spiro atoms. The second kappa shape index (κ2) is 8.08. The lowest BCUT2D eigenvalue weighted by molar-refractivity contribution is -0.116. The highest BCUT2D eigenvalue weighted by molar-refractivity contribution is 5.93. The van der Waals surface area contributed by atoms with Crippen molar-refractivity contribution in [2.24, 2.45) is 0 Å². The van der Waals surface area contributed by atoms with Crippen LogP contribution in [0.15, 0.2) is 65.8 Å². The molecule has 2 N–H and O–H groups in total. The molecule has 0 aliphatic rings. The van der Waals surface area contributed by atoms with Crippen molar-refractivity contribution < 1.29 is 4.79 Å². The maximum Gasteiger partial charge on any atom is 0.261 e. The van der Waals surface area contributed by atoms with Gasteiger partial charge in [-0.15, -0.1) is 0 Å². The number of nitrogens with one attached hydrogen (secondary N) is 2. The number of amides is 1. The topological polar surface area (TPSA) is 79.8 Å². The number of hydrogen-bond acceptors (Lipinski definition) is 3. The van der Waals surface area contributed by atoms with E-state index in [0.29, 0.717) is 18.4 Å². The van der Waals surface area contributed by atoms with Gasteiger partial charge in [-0.3, -0.25) is 14.2 Å². The molecular weight excluding hydrogens is 352 g/mol. The van der Waals surface area contributed by atoms with Gasteiger partial charge in [0.2, 0.25) is 5.91 Å². The average molecular weight is 374 g/mol. The van der Waals surface area contributed by atoms with E-state index in [0.717, 1.165) is 41.4 Å². The lowest BCUT2D eigenvalue weighted by Crippen LogP contribution is -2.20. The molecule has 0 unspecified atom stereocenters. The Balaban J connectivity index is 1.24. The van der Waals surface area contributed by atoms with Gasteiger partial charge in [-0.05, 0) is 48.6 Å². The second-order valence-corrected chi connectivity index (χ2v) is 6.90. The molecule has 0 aliphatic carbocycles. The first kappa shape index (κ1) is 18.0. The zero-order valence-corrected chi connectivity index (χ0v) is 15.5. The van der Waals surface area contributed by atoms with Gasteiger partial charge in [0.1, 0.15) is 0 Å².